The zero-order chi connectivity index (χ0) is 9.03. The van der Waals surface area contributed by atoms with Gasteiger partial charge in [-0.05, 0) is 5.92 Å². The summed E-state index contributed by atoms with van der Waals surface area (Å²) in [7, 11) is 0. The molecule has 0 amide bonds. The lowest BCUT2D eigenvalue weighted by molar-refractivity contribution is 0.445. The monoisotopic (exact) mass is 159 g/mol. The van der Waals surface area contributed by atoms with Crippen molar-refractivity contribution >= 4 is 0 Å². The molecule has 0 aliphatic heterocycles. The Balaban J connectivity index is 3.04. The summed E-state index contributed by atoms with van der Waals surface area (Å²) in [5.74, 6) is 0.315. The molecule has 0 fully saturated rings. The van der Waals surface area contributed by atoms with Crippen LogP contribution < -0.4 is 0 Å². The van der Waals surface area contributed by atoms with Gasteiger partial charge in [-0.1, -0.05) is 50.3 Å². The molecule has 1 heteroatoms. The fourth-order valence-electron chi connectivity index (χ4n) is 1.20. The fourth-order valence-corrected chi connectivity index (χ4v) is 1.20. The van der Waals surface area contributed by atoms with Crippen LogP contribution in [0.1, 0.15) is 13.8 Å². The molecule has 0 bridgehead atoms. The van der Waals surface area contributed by atoms with Crippen LogP contribution in [0.3, 0.4) is 0 Å². The van der Waals surface area contributed by atoms with Crippen molar-refractivity contribution in [3.63, 3.8) is 0 Å². The summed E-state index contributed by atoms with van der Waals surface area (Å²) in [4.78, 5) is 0. The maximum atomic E-state index is 9.06. The van der Waals surface area contributed by atoms with E-state index in [-0.39, 0.29) is 0 Å². The molecular formula is C11H13N. The Labute approximate surface area is 73.7 Å². The molecule has 0 radical (unpaired) electrons. The summed E-state index contributed by atoms with van der Waals surface area (Å²) < 4.78 is 0. The van der Waals surface area contributed by atoms with Crippen molar-refractivity contribution < 1.29 is 0 Å². The zero-order valence-electron chi connectivity index (χ0n) is 7.49. The molecule has 0 N–H and O–H groups in total. The molecule has 0 saturated heterocycles. The molecule has 0 atom stereocenters. The van der Waals surface area contributed by atoms with Crippen LogP contribution in [0, 0.1) is 22.7 Å². The van der Waals surface area contributed by atoms with Crippen molar-refractivity contribution in [2.45, 2.75) is 13.8 Å². The maximum absolute atomic E-state index is 9.06. The van der Waals surface area contributed by atoms with Crippen LogP contribution >= 0.6 is 0 Å². The third-order valence-corrected chi connectivity index (χ3v) is 2.23. The predicted molar refractivity (Wildman–Crippen MR) is 50.3 cm³/mol. The summed E-state index contributed by atoms with van der Waals surface area (Å²) in [5, 5.41) is 9.06. The van der Waals surface area contributed by atoms with E-state index in [1.807, 2.05) is 36.5 Å². The van der Waals surface area contributed by atoms with Crippen molar-refractivity contribution in [2.24, 2.45) is 11.3 Å². The first-order valence-electron chi connectivity index (χ1n) is 4.16. The van der Waals surface area contributed by atoms with Gasteiger partial charge in [0.25, 0.3) is 0 Å². The van der Waals surface area contributed by atoms with Crippen LogP contribution in [0.15, 0.2) is 36.5 Å². The van der Waals surface area contributed by atoms with Crippen LogP contribution in [0.4, 0.5) is 0 Å². The lowest BCUT2D eigenvalue weighted by atomic mass is 9.78. The molecule has 1 aliphatic rings. The van der Waals surface area contributed by atoms with Crippen LogP contribution in [-0.4, -0.2) is 0 Å². The van der Waals surface area contributed by atoms with Crippen molar-refractivity contribution in [1.82, 2.24) is 0 Å². The summed E-state index contributed by atoms with van der Waals surface area (Å²) in [5.41, 5.74) is -0.413. The van der Waals surface area contributed by atoms with E-state index in [1.54, 1.807) is 0 Å². The summed E-state index contributed by atoms with van der Waals surface area (Å²) in [6, 6.07) is 2.34. The van der Waals surface area contributed by atoms with Gasteiger partial charge >= 0.3 is 0 Å². The minimum atomic E-state index is -0.413. The number of nitriles is 1. The third kappa shape index (κ3) is 1.48. The Morgan fingerprint density at radius 2 is 1.58 bits per heavy atom. The largest absolute Gasteiger partial charge is 0.197 e. The Hall–Kier alpha value is -1.29. The number of rotatable bonds is 1. The average Bonchev–Trinajstić information content (AvgIpc) is 2.29. The summed E-state index contributed by atoms with van der Waals surface area (Å²) in [6.07, 6.45) is 11.7. The normalized spacial score (nSPS) is 19.2. The van der Waals surface area contributed by atoms with E-state index in [2.05, 4.69) is 19.9 Å². The molecule has 62 valence electrons. The van der Waals surface area contributed by atoms with E-state index < -0.39 is 5.41 Å². The van der Waals surface area contributed by atoms with Crippen molar-refractivity contribution in [3.05, 3.63) is 36.5 Å². The first kappa shape index (κ1) is 8.80. The number of allylic oxidation sites excluding steroid dienone is 6. The highest BCUT2D eigenvalue weighted by Gasteiger charge is 2.27. The van der Waals surface area contributed by atoms with E-state index in [0.717, 1.165) is 0 Å². The van der Waals surface area contributed by atoms with Gasteiger partial charge < -0.3 is 0 Å². The van der Waals surface area contributed by atoms with Gasteiger partial charge in [-0.3, -0.25) is 0 Å². The standard InChI is InChI=1S/C11H13N/c1-10(2)11(9-12)7-5-3-4-6-8-11/h3-8,10H,1-2H3. The summed E-state index contributed by atoms with van der Waals surface area (Å²) >= 11 is 0. The van der Waals surface area contributed by atoms with Gasteiger partial charge in [0.1, 0.15) is 0 Å². The molecule has 1 rings (SSSR count). The quantitative estimate of drug-likeness (QED) is 0.577. The molecule has 0 saturated carbocycles. The van der Waals surface area contributed by atoms with Gasteiger partial charge in [0.05, 0.1) is 11.5 Å². The predicted octanol–water partition coefficient (Wildman–Crippen LogP) is 2.83. The number of hydrogen-bond donors (Lipinski definition) is 0. The minimum Gasteiger partial charge on any atom is -0.197 e. The van der Waals surface area contributed by atoms with Crippen LogP contribution in [0.25, 0.3) is 0 Å². The maximum Gasteiger partial charge on any atom is 0.0962 e. The Morgan fingerprint density at radius 3 is 1.92 bits per heavy atom. The first-order valence-corrected chi connectivity index (χ1v) is 4.16. The third-order valence-electron chi connectivity index (χ3n) is 2.23. The van der Waals surface area contributed by atoms with Crippen LogP contribution in [0.5, 0.6) is 0 Å². The average molecular weight is 159 g/mol. The van der Waals surface area contributed by atoms with Gasteiger partial charge in [-0.15, -0.1) is 0 Å². The van der Waals surface area contributed by atoms with E-state index >= 15 is 0 Å². The second-order valence-electron chi connectivity index (χ2n) is 3.30. The molecule has 0 aromatic rings. The minimum absolute atomic E-state index is 0.315. The van der Waals surface area contributed by atoms with E-state index in [4.69, 9.17) is 5.26 Å². The molecule has 0 aromatic carbocycles. The highest BCUT2D eigenvalue weighted by Crippen LogP contribution is 2.31. The Kier molecular flexibility index (Phi) is 2.50. The number of hydrogen-bond acceptors (Lipinski definition) is 1. The topological polar surface area (TPSA) is 23.8 Å². The van der Waals surface area contributed by atoms with E-state index in [0.29, 0.717) is 5.92 Å². The molecule has 0 unspecified atom stereocenters. The number of nitrogens with zero attached hydrogens (tertiary/aromatic N) is 1. The van der Waals surface area contributed by atoms with E-state index in [1.165, 1.54) is 0 Å². The zero-order valence-corrected chi connectivity index (χ0v) is 7.49. The van der Waals surface area contributed by atoms with Gasteiger partial charge in [0.15, 0.2) is 0 Å². The Bertz CT molecular complexity index is 258. The highest BCUT2D eigenvalue weighted by molar-refractivity contribution is 5.31. The van der Waals surface area contributed by atoms with Crippen molar-refractivity contribution in [2.75, 3.05) is 0 Å². The van der Waals surface area contributed by atoms with Gasteiger partial charge in [0, 0.05) is 0 Å². The van der Waals surface area contributed by atoms with Crippen molar-refractivity contribution in [1.29, 1.82) is 5.26 Å². The molecule has 0 aromatic heterocycles. The van der Waals surface area contributed by atoms with Crippen LogP contribution in [0.2, 0.25) is 0 Å². The second kappa shape index (κ2) is 3.40. The van der Waals surface area contributed by atoms with E-state index in [9.17, 15) is 0 Å². The molecule has 1 aliphatic carbocycles. The first-order chi connectivity index (χ1) is 5.71. The second-order valence-corrected chi connectivity index (χ2v) is 3.30. The van der Waals surface area contributed by atoms with Crippen LogP contribution in [-0.2, 0) is 0 Å². The molecule has 12 heavy (non-hydrogen) atoms. The lowest BCUT2D eigenvalue weighted by Crippen LogP contribution is -2.19. The summed E-state index contributed by atoms with van der Waals surface area (Å²) in [6.45, 7) is 4.12. The highest BCUT2D eigenvalue weighted by atomic mass is 14.4. The van der Waals surface area contributed by atoms with Gasteiger partial charge in [0.2, 0.25) is 0 Å². The SMILES string of the molecule is CC(C)C1(C#N)C=CC=CC=C1. The molecule has 0 spiro atoms. The lowest BCUT2D eigenvalue weighted by Gasteiger charge is -2.22. The van der Waals surface area contributed by atoms with Crippen molar-refractivity contribution in [3.8, 4) is 6.07 Å². The smallest absolute Gasteiger partial charge is 0.0962 e. The molecule has 0 heterocycles. The molecular weight excluding hydrogens is 146 g/mol. The fraction of sp³-hybridized carbons (Fsp3) is 0.364. The van der Waals surface area contributed by atoms with Gasteiger partial charge in [-0.25, -0.2) is 0 Å². The Morgan fingerprint density at radius 1 is 1.08 bits per heavy atom. The molecule has 1 nitrogen and oxygen atoms in total. The van der Waals surface area contributed by atoms with Gasteiger partial charge in [-0.2, -0.15) is 5.26 Å².